The number of esters is 1. The van der Waals surface area contributed by atoms with Gasteiger partial charge < -0.3 is 24.4 Å². The number of rotatable bonds is 2. The highest BCUT2D eigenvalue weighted by atomic mass is 16.6. The minimum Gasteiger partial charge on any atom is -0.473 e. The smallest absolute Gasteiger partial charge is 0.411 e. The van der Waals surface area contributed by atoms with Crippen molar-refractivity contribution in [2.24, 2.45) is 0 Å². The van der Waals surface area contributed by atoms with Gasteiger partial charge in [0.1, 0.15) is 17.4 Å². The predicted octanol–water partition coefficient (Wildman–Crippen LogP) is 1.64. The number of hydrogen-bond acceptors (Lipinski definition) is 7. The van der Waals surface area contributed by atoms with E-state index in [2.05, 4.69) is 5.32 Å². The van der Waals surface area contributed by atoms with E-state index in [4.69, 9.17) is 14.2 Å². The lowest BCUT2D eigenvalue weighted by Crippen LogP contribution is -2.53. The zero-order valence-electron chi connectivity index (χ0n) is 18.5. The predicted molar refractivity (Wildman–Crippen MR) is 110 cm³/mol. The molecule has 168 valence electrons. The summed E-state index contributed by atoms with van der Waals surface area (Å²) in [7, 11) is 4.46. The topological polar surface area (TPSA) is 114 Å². The second-order valence-corrected chi connectivity index (χ2v) is 8.81. The molecule has 0 aromatic heterocycles. The van der Waals surface area contributed by atoms with Gasteiger partial charge in [-0.1, -0.05) is 0 Å². The number of likely N-dealkylation sites (tertiary alicyclic amines) is 1. The molecule has 1 N–H and O–H groups in total. The Morgan fingerprint density at radius 1 is 1.26 bits per heavy atom. The largest absolute Gasteiger partial charge is 0.473 e. The third-order valence-electron chi connectivity index (χ3n) is 5.03. The van der Waals surface area contributed by atoms with Gasteiger partial charge in [-0.15, -0.1) is 0 Å². The van der Waals surface area contributed by atoms with Gasteiger partial charge >= 0.3 is 12.1 Å². The van der Waals surface area contributed by atoms with Crippen molar-refractivity contribution in [3.8, 4) is 5.75 Å². The summed E-state index contributed by atoms with van der Waals surface area (Å²) in [4.78, 5) is 53.0. The van der Waals surface area contributed by atoms with Crippen LogP contribution in [0, 0.1) is 0 Å². The molecule has 0 bridgehead atoms. The molecular formula is C21H27N3O7. The van der Waals surface area contributed by atoms with Gasteiger partial charge in [0.05, 0.1) is 19.3 Å². The van der Waals surface area contributed by atoms with Gasteiger partial charge in [0.25, 0.3) is 11.8 Å². The van der Waals surface area contributed by atoms with E-state index in [1.807, 2.05) is 0 Å². The first-order valence-corrected chi connectivity index (χ1v) is 9.80. The van der Waals surface area contributed by atoms with Crippen molar-refractivity contribution in [3.63, 3.8) is 0 Å². The molecule has 10 nitrogen and oxygen atoms in total. The Morgan fingerprint density at radius 2 is 1.94 bits per heavy atom. The minimum atomic E-state index is -1.53. The standard InChI is InChI=1S/C21H27N3O7/c1-20(2,3)31-19(28)24-11-21(10-14(24)17(26)29-6)18(27)22-13-8-7-12(9-15(13)30-21)16(25)23(4)5/h7-9,14H,10-11H2,1-6H3,(H,22,27)/t14-,21+/m0/s1. The van der Waals surface area contributed by atoms with E-state index in [1.54, 1.807) is 47.0 Å². The first-order chi connectivity index (χ1) is 14.4. The van der Waals surface area contributed by atoms with E-state index in [9.17, 15) is 19.2 Å². The summed E-state index contributed by atoms with van der Waals surface area (Å²) in [5.74, 6) is -1.12. The molecule has 3 amide bonds. The summed E-state index contributed by atoms with van der Waals surface area (Å²) in [5, 5.41) is 2.75. The van der Waals surface area contributed by atoms with Crippen molar-refractivity contribution in [3.05, 3.63) is 23.8 Å². The van der Waals surface area contributed by atoms with Crippen LogP contribution in [0.5, 0.6) is 5.75 Å². The molecule has 3 rings (SSSR count). The lowest BCUT2D eigenvalue weighted by Gasteiger charge is -2.34. The number of nitrogens with zero attached hydrogens (tertiary/aromatic N) is 2. The van der Waals surface area contributed by atoms with Crippen LogP contribution in [0.1, 0.15) is 37.6 Å². The summed E-state index contributed by atoms with van der Waals surface area (Å²) in [5.41, 5.74) is -1.54. The molecule has 1 aromatic rings. The molecular weight excluding hydrogens is 406 g/mol. The van der Waals surface area contributed by atoms with E-state index in [0.29, 0.717) is 11.3 Å². The Labute approximate surface area is 180 Å². The zero-order valence-corrected chi connectivity index (χ0v) is 18.5. The fraction of sp³-hybridized carbons (Fsp3) is 0.524. The third-order valence-corrected chi connectivity index (χ3v) is 5.03. The van der Waals surface area contributed by atoms with Gasteiger partial charge in [-0.25, -0.2) is 9.59 Å². The molecule has 0 radical (unpaired) electrons. The van der Waals surface area contributed by atoms with Crippen molar-refractivity contribution in [2.75, 3.05) is 33.1 Å². The van der Waals surface area contributed by atoms with Gasteiger partial charge in [-0.05, 0) is 39.0 Å². The SMILES string of the molecule is COC(=O)[C@@H]1C[C@]2(CN1C(=O)OC(C)(C)C)Oc1cc(C(=O)N(C)C)ccc1NC2=O. The summed E-state index contributed by atoms with van der Waals surface area (Å²) in [6.45, 7) is 4.90. The van der Waals surface area contributed by atoms with Crippen LogP contribution >= 0.6 is 0 Å². The highest BCUT2D eigenvalue weighted by Gasteiger charge is 2.58. The van der Waals surface area contributed by atoms with Crippen LogP contribution in [0.4, 0.5) is 10.5 Å². The van der Waals surface area contributed by atoms with E-state index >= 15 is 0 Å². The zero-order chi connectivity index (χ0) is 23.1. The second-order valence-electron chi connectivity index (χ2n) is 8.81. The number of nitrogens with one attached hydrogen (secondary N) is 1. The molecule has 10 heteroatoms. The number of carbonyl (C=O) groups excluding carboxylic acids is 4. The maximum atomic E-state index is 13.0. The average molecular weight is 433 g/mol. The normalized spacial score (nSPS) is 22.3. The number of carbonyl (C=O) groups is 4. The first-order valence-electron chi connectivity index (χ1n) is 9.80. The summed E-state index contributed by atoms with van der Waals surface area (Å²) in [6, 6.07) is 3.64. The second kappa shape index (κ2) is 7.75. The van der Waals surface area contributed by atoms with E-state index in [1.165, 1.54) is 18.1 Å². The molecule has 0 unspecified atom stereocenters. The van der Waals surface area contributed by atoms with E-state index < -0.39 is 35.2 Å². The van der Waals surface area contributed by atoms with Crippen LogP contribution in [0.15, 0.2) is 18.2 Å². The highest BCUT2D eigenvalue weighted by molar-refractivity contribution is 6.03. The number of hydrogen-bond donors (Lipinski definition) is 1. The fourth-order valence-electron chi connectivity index (χ4n) is 3.56. The van der Waals surface area contributed by atoms with Gasteiger partial charge in [0.15, 0.2) is 0 Å². The quantitative estimate of drug-likeness (QED) is 0.705. The molecule has 1 spiro atoms. The van der Waals surface area contributed by atoms with Crippen LogP contribution in [0.3, 0.4) is 0 Å². The van der Waals surface area contributed by atoms with Crippen molar-refractivity contribution < 1.29 is 33.4 Å². The Morgan fingerprint density at radius 3 is 2.52 bits per heavy atom. The average Bonchev–Trinajstić information content (AvgIpc) is 3.06. The van der Waals surface area contributed by atoms with Crippen molar-refractivity contribution in [1.82, 2.24) is 9.80 Å². The number of amides is 3. The van der Waals surface area contributed by atoms with Crippen molar-refractivity contribution in [2.45, 2.75) is 44.4 Å². The van der Waals surface area contributed by atoms with Crippen molar-refractivity contribution >= 4 is 29.6 Å². The number of anilines is 1. The molecule has 2 aliphatic rings. The number of benzene rings is 1. The third kappa shape index (κ3) is 4.28. The minimum absolute atomic E-state index is 0.115. The highest BCUT2D eigenvalue weighted by Crippen LogP contribution is 2.41. The molecule has 31 heavy (non-hydrogen) atoms. The Bertz CT molecular complexity index is 937. The van der Waals surface area contributed by atoms with Gasteiger partial charge in [-0.2, -0.15) is 0 Å². The first kappa shape index (κ1) is 22.4. The number of ether oxygens (including phenoxy) is 3. The maximum Gasteiger partial charge on any atom is 0.411 e. The Balaban J connectivity index is 1.95. The molecule has 1 aromatic carbocycles. The Hall–Kier alpha value is -3.30. The van der Waals surface area contributed by atoms with Gasteiger partial charge in [0, 0.05) is 26.1 Å². The Kier molecular flexibility index (Phi) is 5.60. The lowest BCUT2D eigenvalue weighted by molar-refractivity contribution is -0.145. The summed E-state index contributed by atoms with van der Waals surface area (Å²) >= 11 is 0. The van der Waals surface area contributed by atoms with Crippen LogP contribution in [0.25, 0.3) is 0 Å². The monoisotopic (exact) mass is 433 g/mol. The lowest BCUT2D eigenvalue weighted by atomic mass is 9.96. The number of fused-ring (bicyclic) bond motifs is 1. The molecule has 0 saturated carbocycles. The van der Waals surface area contributed by atoms with Gasteiger partial charge in [0.2, 0.25) is 5.60 Å². The van der Waals surface area contributed by atoms with Gasteiger partial charge in [-0.3, -0.25) is 14.5 Å². The van der Waals surface area contributed by atoms with Crippen LogP contribution in [0.2, 0.25) is 0 Å². The molecule has 2 aliphatic heterocycles. The van der Waals surface area contributed by atoms with Crippen LogP contribution in [-0.2, 0) is 19.1 Å². The van der Waals surface area contributed by atoms with Crippen molar-refractivity contribution in [1.29, 1.82) is 0 Å². The maximum absolute atomic E-state index is 13.0. The molecule has 2 atom stereocenters. The fourth-order valence-corrected chi connectivity index (χ4v) is 3.56. The number of methoxy groups -OCH3 is 1. The van der Waals surface area contributed by atoms with E-state index in [0.717, 1.165) is 4.90 Å². The van der Waals surface area contributed by atoms with Crippen LogP contribution in [-0.4, -0.2) is 78.7 Å². The molecule has 0 aliphatic carbocycles. The van der Waals surface area contributed by atoms with E-state index in [-0.39, 0.29) is 24.6 Å². The molecule has 1 saturated heterocycles. The van der Waals surface area contributed by atoms with Crippen LogP contribution < -0.4 is 10.1 Å². The summed E-state index contributed by atoms with van der Waals surface area (Å²) in [6.07, 6.45) is -0.866. The molecule has 2 heterocycles. The molecule has 1 fully saturated rings. The summed E-state index contributed by atoms with van der Waals surface area (Å²) < 4.78 is 16.3.